The van der Waals surface area contributed by atoms with Crippen molar-refractivity contribution < 1.29 is 33.8 Å². The number of hydrogen-bond acceptors (Lipinski definition) is 9. The standard InChI is InChI=1S/C43H41BrN4O7S/c44-30-4-2-28(3-5-30)41-40(35-12-6-31(49)23-37(35)56-41)55-33-9-7-32(8-10-33)54-20-19-47-17-15-26(16-18-47)22-39(51)45-24-27-1-11-34-29(21-27)25-48(43(34)53)36-13-14-38(50)46-42(36)52/h1-12,21,23,26,36,49H,13-20,22,24-25H2,(H,45,51)(H,46,50,52). The molecule has 4 aromatic carbocycles. The van der Waals surface area contributed by atoms with Gasteiger partial charge in [-0.15, -0.1) is 11.3 Å². The van der Waals surface area contributed by atoms with Crippen molar-refractivity contribution in [1.82, 2.24) is 20.4 Å². The van der Waals surface area contributed by atoms with Gasteiger partial charge in [0.15, 0.2) is 5.75 Å². The zero-order valence-electron chi connectivity index (χ0n) is 30.6. The van der Waals surface area contributed by atoms with Crippen LogP contribution in [0.15, 0.2) is 89.4 Å². The fraction of sp³-hybridized carbons (Fsp3) is 0.302. The zero-order chi connectivity index (χ0) is 38.8. The number of nitrogens with one attached hydrogen (secondary N) is 2. The van der Waals surface area contributed by atoms with E-state index >= 15 is 0 Å². The highest BCUT2D eigenvalue weighted by Crippen LogP contribution is 2.47. The maximum atomic E-state index is 13.0. The first-order valence-corrected chi connectivity index (χ1v) is 20.5. The molecule has 11 nitrogen and oxygen atoms in total. The van der Waals surface area contributed by atoms with E-state index in [0.29, 0.717) is 49.8 Å². The number of amides is 4. The molecule has 2 fully saturated rings. The van der Waals surface area contributed by atoms with Crippen LogP contribution in [0.5, 0.6) is 23.0 Å². The molecule has 3 N–H and O–H groups in total. The summed E-state index contributed by atoms with van der Waals surface area (Å²) in [6.07, 6.45) is 2.89. The molecule has 8 rings (SSSR count). The molecule has 0 spiro atoms. The van der Waals surface area contributed by atoms with E-state index < -0.39 is 11.9 Å². The molecule has 1 unspecified atom stereocenters. The highest BCUT2D eigenvalue weighted by atomic mass is 79.9. The molecule has 0 saturated carbocycles. The molecular formula is C43H41BrN4O7S. The molecule has 5 aromatic rings. The Morgan fingerprint density at radius 2 is 1.70 bits per heavy atom. The number of nitrogens with zero attached hydrogens (tertiary/aromatic N) is 2. The Hall–Kier alpha value is -5.24. The number of rotatable bonds is 12. The van der Waals surface area contributed by atoms with E-state index in [1.807, 2.05) is 66.7 Å². The molecule has 1 atom stereocenters. The van der Waals surface area contributed by atoms with Gasteiger partial charge in [-0.2, -0.15) is 0 Å². The maximum Gasteiger partial charge on any atom is 0.255 e. The van der Waals surface area contributed by atoms with E-state index in [4.69, 9.17) is 9.47 Å². The van der Waals surface area contributed by atoms with Crippen molar-refractivity contribution in [3.63, 3.8) is 0 Å². The number of halogens is 1. The largest absolute Gasteiger partial charge is 0.508 e. The van der Waals surface area contributed by atoms with E-state index in [1.54, 1.807) is 29.5 Å². The molecule has 0 aliphatic carbocycles. The van der Waals surface area contributed by atoms with Crippen molar-refractivity contribution in [2.45, 2.75) is 51.2 Å². The molecule has 13 heteroatoms. The number of phenols is 1. The van der Waals surface area contributed by atoms with Crippen molar-refractivity contribution >= 4 is 61.0 Å². The van der Waals surface area contributed by atoms with Gasteiger partial charge < -0.3 is 24.8 Å². The Morgan fingerprint density at radius 3 is 2.46 bits per heavy atom. The molecule has 0 radical (unpaired) electrons. The first-order chi connectivity index (χ1) is 27.2. The predicted octanol–water partition coefficient (Wildman–Crippen LogP) is 7.39. The van der Waals surface area contributed by atoms with Crippen LogP contribution in [0.4, 0.5) is 0 Å². The van der Waals surface area contributed by atoms with Gasteiger partial charge >= 0.3 is 0 Å². The quantitative estimate of drug-likeness (QED) is 0.111. The van der Waals surface area contributed by atoms with Crippen LogP contribution in [0.2, 0.25) is 0 Å². The number of aromatic hydroxyl groups is 1. The number of carbonyl (C=O) groups is 4. The van der Waals surface area contributed by atoms with Crippen LogP contribution in [-0.2, 0) is 27.5 Å². The van der Waals surface area contributed by atoms with Crippen LogP contribution in [0, 0.1) is 5.92 Å². The van der Waals surface area contributed by atoms with Gasteiger partial charge in [-0.1, -0.05) is 40.2 Å². The lowest BCUT2D eigenvalue weighted by Gasteiger charge is -2.31. The number of phenolic OH excluding ortho intramolecular Hbond substituents is 1. The number of thiophene rings is 1. The fourth-order valence-corrected chi connectivity index (χ4v) is 9.09. The molecule has 0 bridgehead atoms. The highest BCUT2D eigenvalue weighted by Gasteiger charge is 2.39. The van der Waals surface area contributed by atoms with Crippen molar-refractivity contribution in [1.29, 1.82) is 0 Å². The lowest BCUT2D eigenvalue weighted by molar-refractivity contribution is -0.137. The van der Waals surface area contributed by atoms with E-state index in [2.05, 4.69) is 31.5 Å². The number of carbonyl (C=O) groups excluding carboxylic acids is 4. The van der Waals surface area contributed by atoms with E-state index in [1.165, 1.54) is 4.90 Å². The van der Waals surface area contributed by atoms with Gasteiger partial charge in [0.25, 0.3) is 5.91 Å². The molecule has 1 aromatic heterocycles. The highest BCUT2D eigenvalue weighted by molar-refractivity contribution is 9.10. The second kappa shape index (κ2) is 16.5. The SMILES string of the molecule is O=C(CC1CCN(CCOc2ccc(Oc3c(-c4ccc(Br)cc4)sc4cc(O)ccc34)cc2)CC1)NCc1ccc2c(c1)CN(C1CCC(=O)NC1=O)C2=O. The molecule has 3 aliphatic rings. The Morgan fingerprint density at radius 1 is 0.929 bits per heavy atom. The monoisotopic (exact) mass is 836 g/mol. The van der Waals surface area contributed by atoms with Crippen LogP contribution in [0.3, 0.4) is 0 Å². The Bertz CT molecular complexity index is 2290. The van der Waals surface area contributed by atoms with Crippen LogP contribution in [-0.4, -0.2) is 70.8 Å². The fourth-order valence-electron chi connectivity index (χ4n) is 7.66. The third kappa shape index (κ3) is 8.45. The number of imide groups is 1. The van der Waals surface area contributed by atoms with Crippen molar-refractivity contribution in [3.05, 3.63) is 106 Å². The minimum absolute atomic E-state index is 0.0111. The third-order valence-electron chi connectivity index (χ3n) is 10.7. The molecule has 4 amide bonds. The van der Waals surface area contributed by atoms with E-state index in [0.717, 1.165) is 80.1 Å². The van der Waals surface area contributed by atoms with Gasteiger partial charge in [0.2, 0.25) is 17.7 Å². The summed E-state index contributed by atoms with van der Waals surface area (Å²) in [5.74, 6) is 1.81. The number of likely N-dealkylation sites (tertiary alicyclic amines) is 1. The average Bonchev–Trinajstić information content (AvgIpc) is 3.71. The third-order valence-corrected chi connectivity index (χ3v) is 12.4. The van der Waals surface area contributed by atoms with Gasteiger partial charge in [-0.3, -0.25) is 29.4 Å². The lowest BCUT2D eigenvalue weighted by Crippen LogP contribution is -2.52. The zero-order valence-corrected chi connectivity index (χ0v) is 33.0. The maximum absolute atomic E-state index is 13.0. The summed E-state index contributed by atoms with van der Waals surface area (Å²) < 4.78 is 14.5. The molecule has 56 heavy (non-hydrogen) atoms. The number of ether oxygens (including phenoxy) is 2. The Balaban J connectivity index is 0.764. The van der Waals surface area contributed by atoms with Crippen molar-refractivity contribution in [2.75, 3.05) is 26.2 Å². The van der Waals surface area contributed by atoms with Crippen LogP contribution in [0.25, 0.3) is 20.5 Å². The minimum Gasteiger partial charge on any atom is -0.508 e. The smallest absolute Gasteiger partial charge is 0.255 e. The van der Waals surface area contributed by atoms with Crippen LogP contribution in [0.1, 0.15) is 53.6 Å². The lowest BCUT2D eigenvalue weighted by atomic mass is 9.93. The summed E-state index contributed by atoms with van der Waals surface area (Å²) in [6.45, 7) is 3.83. The van der Waals surface area contributed by atoms with Crippen molar-refractivity contribution in [2.24, 2.45) is 5.92 Å². The number of benzene rings is 4. The van der Waals surface area contributed by atoms with Crippen LogP contribution >= 0.6 is 27.3 Å². The first-order valence-electron chi connectivity index (χ1n) is 18.8. The average molecular weight is 838 g/mol. The molecule has 3 aliphatic heterocycles. The Kier molecular flexibility index (Phi) is 11.1. The summed E-state index contributed by atoms with van der Waals surface area (Å²) in [5.41, 5.74) is 3.32. The number of piperidine rings is 2. The summed E-state index contributed by atoms with van der Waals surface area (Å²) in [7, 11) is 0. The molecular weight excluding hydrogens is 796 g/mol. The van der Waals surface area contributed by atoms with Gasteiger partial charge in [-0.25, -0.2) is 0 Å². The number of fused-ring (bicyclic) bond motifs is 2. The second-order valence-corrected chi connectivity index (χ2v) is 16.5. The van der Waals surface area contributed by atoms with E-state index in [-0.39, 0.29) is 29.9 Å². The topological polar surface area (TPSA) is 138 Å². The second-order valence-electron chi connectivity index (χ2n) is 14.5. The van der Waals surface area contributed by atoms with Gasteiger partial charge in [0, 0.05) is 52.6 Å². The molecule has 2 saturated heterocycles. The summed E-state index contributed by atoms with van der Waals surface area (Å²) in [4.78, 5) is 54.7. The molecule has 4 heterocycles. The van der Waals surface area contributed by atoms with E-state index in [9.17, 15) is 24.3 Å². The summed E-state index contributed by atoms with van der Waals surface area (Å²) in [6, 6.07) is 25.9. The van der Waals surface area contributed by atoms with Crippen molar-refractivity contribution in [3.8, 4) is 33.4 Å². The predicted molar refractivity (Wildman–Crippen MR) is 217 cm³/mol. The summed E-state index contributed by atoms with van der Waals surface area (Å²) in [5, 5.41) is 16.4. The normalized spacial score (nSPS) is 17.6. The molecule has 288 valence electrons. The number of hydrogen-bond donors (Lipinski definition) is 3. The van der Waals surface area contributed by atoms with Crippen LogP contribution < -0.4 is 20.1 Å². The van der Waals surface area contributed by atoms with Gasteiger partial charge in [0.05, 0.1) is 4.88 Å². The Labute approximate surface area is 336 Å². The van der Waals surface area contributed by atoms with Gasteiger partial charge in [-0.05, 0) is 116 Å². The summed E-state index contributed by atoms with van der Waals surface area (Å²) >= 11 is 5.09. The first kappa shape index (κ1) is 37.7. The van der Waals surface area contributed by atoms with Gasteiger partial charge in [0.1, 0.15) is 29.9 Å². The minimum atomic E-state index is -0.649.